The fourth-order valence-electron chi connectivity index (χ4n) is 2.21. The van der Waals surface area contributed by atoms with Crippen LogP contribution in [0.1, 0.15) is 23.4 Å². The molecule has 0 saturated carbocycles. The predicted octanol–water partition coefficient (Wildman–Crippen LogP) is 2.92. The van der Waals surface area contributed by atoms with E-state index in [1.165, 1.54) is 12.0 Å². The van der Waals surface area contributed by atoms with Gasteiger partial charge in [0.05, 0.1) is 13.2 Å². The van der Waals surface area contributed by atoms with E-state index in [2.05, 4.69) is 23.3 Å². The maximum Gasteiger partial charge on any atom is 0.0602 e. The van der Waals surface area contributed by atoms with E-state index in [0.29, 0.717) is 18.5 Å². The Labute approximate surface area is 106 Å². The first-order chi connectivity index (χ1) is 7.83. The second-order valence-corrected chi connectivity index (χ2v) is 5.44. The number of ether oxygens (including phenoxy) is 1. The Morgan fingerprint density at radius 3 is 3.25 bits per heavy atom. The van der Waals surface area contributed by atoms with Crippen molar-refractivity contribution in [2.45, 2.75) is 19.4 Å². The Hall–Kier alpha value is -0.0900. The lowest BCUT2D eigenvalue weighted by Crippen LogP contribution is -2.35. The third-order valence-corrected chi connectivity index (χ3v) is 4.30. The zero-order valence-corrected chi connectivity index (χ0v) is 11.2. The van der Waals surface area contributed by atoms with Gasteiger partial charge in [0.1, 0.15) is 0 Å². The van der Waals surface area contributed by atoms with Crippen LogP contribution in [0.4, 0.5) is 0 Å². The fourth-order valence-corrected chi connectivity index (χ4v) is 3.28. The van der Waals surface area contributed by atoms with Crippen LogP contribution in [0.15, 0.2) is 11.4 Å². The molecule has 0 radical (unpaired) electrons. The molecule has 0 spiro atoms. The van der Waals surface area contributed by atoms with Gasteiger partial charge in [-0.3, -0.25) is 4.90 Å². The van der Waals surface area contributed by atoms with E-state index in [1.807, 2.05) is 11.3 Å². The summed E-state index contributed by atoms with van der Waals surface area (Å²) in [4.78, 5) is 4.05. The summed E-state index contributed by atoms with van der Waals surface area (Å²) < 4.78 is 5.43. The molecule has 2 heterocycles. The van der Waals surface area contributed by atoms with Crippen LogP contribution < -0.4 is 0 Å². The molecular formula is C12H18ClNOS. The van der Waals surface area contributed by atoms with E-state index in [1.54, 1.807) is 4.88 Å². The third kappa shape index (κ3) is 2.77. The number of thiophene rings is 1. The predicted molar refractivity (Wildman–Crippen MR) is 69.6 cm³/mol. The molecule has 1 aliphatic rings. The van der Waals surface area contributed by atoms with Crippen molar-refractivity contribution in [3.05, 3.63) is 21.9 Å². The first kappa shape index (κ1) is 12.4. The molecule has 1 aromatic heterocycles. The van der Waals surface area contributed by atoms with Gasteiger partial charge >= 0.3 is 0 Å². The minimum Gasteiger partial charge on any atom is -0.379 e. The van der Waals surface area contributed by atoms with Gasteiger partial charge in [0.15, 0.2) is 0 Å². The molecule has 1 unspecified atom stereocenters. The van der Waals surface area contributed by atoms with Crippen molar-refractivity contribution >= 4 is 22.9 Å². The van der Waals surface area contributed by atoms with Gasteiger partial charge in [-0.1, -0.05) is 0 Å². The lowest BCUT2D eigenvalue weighted by molar-refractivity contribution is 0.0954. The average Bonchev–Trinajstić information content (AvgIpc) is 2.76. The van der Waals surface area contributed by atoms with Crippen molar-refractivity contribution in [2.75, 3.05) is 32.2 Å². The molecule has 4 heteroatoms. The van der Waals surface area contributed by atoms with Gasteiger partial charge in [0.2, 0.25) is 0 Å². The summed E-state index contributed by atoms with van der Waals surface area (Å²) in [6.07, 6.45) is 1.19. The molecule has 2 nitrogen and oxygen atoms in total. The zero-order valence-electron chi connectivity index (χ0n) is 9.62. The van der Waals surface area contributed by atoms with Crippen LogP contribution in [0.2, 0.25) is 0 Å². The molecular weight excluding hydrogens is 242 g/mol. The topological polar surface area (TPSA) is 12.5 Å². The SMILES string of the molecule is CC1c2ccsc2CCN1CCOCCCl. The van der Waals surface area contributed by atoms with Crippen molar-refractivity contribution in [3.63, 3.8) is 0 Å². The molecule has 0 bridgehead atoms. The van der Waals surface area contributed by atoms with E-state index in [9.17, 15) is 0 Å². The summed E-state index contributed by atoms with van der Waals surface area (Å²) in [5.41, 5.74) is 1.51. The highest BCUT2D eigenvalue weighted by Crippen LogP contribution is 2.32. The molecule has 1 aromatic rings. The van der Waals surface area contributed by atoms with Crippen LogP contribution in [0, 0.1) is 0 Å². The van der Waals surface area contributed by atoms with Crippen LogP contribution in [-0.4, -0.2) is 37.1 Å². The molecule has 0 fully saturated rings. The van der Waals surface area contributed by atoms with Crippen molar-refractivity contribution in [2.24, 2.45) is 0 Å². The number of nitrogens with zero attached hydrogens (tertiary/aromatic N) is 1. The molecule has 0 N–H and O–H groups in total. The number of fused-ring (bicyclic) bond motifs is 1. The van der Waals surface area contributed by atoms with E-state index in [-0.39, 0.29) is 0 Å². The summed E-state index contributed by atoms with van der Waals surface area (Å²) in [6.45, 7) is 5.89. The first-order valence-electron chi connectivity index (χ1n) is 5.77. The van der Waals surface area contributed by atoms with Crippen molar-refractivity contribution in [3.8, 4) is 0 Å². The van der Waals surface area contributed by atoms with Crippen LogP contribution in [-0.2, 0) is 11.2 Å². The van der Waals surface area contributed by atoms with Gasteiger partial charge in [-0.05, 0) is 30.4 Å². The molecule has 1 aliphatic heterocycles. The quantitative estimate of drug-likeness (QED) is 0.596. The monoisotopic (exact) mass is 259 g/mol. The second kappa shape index (κ2) is 6.01. The van der Waals surface area contributed by atoms with Crippen molar-refractivity contribution in [1.82, 2.24) is 4.90 Å². The number of halogens is 1. The number of alkyl halides is 1. The number of hydrogen-bond acceptors (Lipinski definition) is 3. The van der Waals surface area contributed by atoms with Crippen molar-refractivity contribution < 1.29 is 4.74 Å². The summed E-state index contributed by atoms with van der Waals surface area (Å²) >= 11 is 7.45. The fraction of sp³-hybridized carbons (Fsp3) is 0.667. The highest BCUT2D eigenvalue weighted by molar-refractivity contribution is 7.10. The second-order valence-electron chi connectivity index (χ2n) is 4.06. The van der Waals surface area contributed by atoms with Gasteiger partial charge in [-0.25, -0.2) is 0 Å². The molecule has 0 amide bonds. The average molecular weight is 260 g/mol. The lowest BCUT2D eigenvalue weighted by Gasteiger charge is -2.33. The highest BCUT2D eigenvalue weighted by atomic mass is 35.5. The van der Waals surface area contributed by atoms with Gasteiger partial charge in [-0.15, -0.1) is 22.9 Å². The maximum atomic E-state index is 5.57. The number of hydrogen-bond donors (Lipinski definition) is 0. The molecule has 1 atom stereocenters. The van der Waals surface area contributed by atoms with Gasteiger partial charge < -0.3 is 4.74 Å². The van der Waals surface area contributed by atoms with Gasteiger partial charge in [0, 0.05) is 29.9 Å². The van der Waals surface area contributed by atoms with E-state index in [0.717, 1.165) is 19.7 Å². The number of rotatable bonds is 5. The Morgan fingerprint density at radius 1 is 1.56 bits per heavy atom. The summed E-state index contributed by atoms with van der Waals surface area (Å²) in [7, 11) is 0. The highest BCUT2D eigenvalue weighted by Gasteiger charge is 2.23. The molecule has 0 aromatic carbocycles. The Morgan fingerprint density at radius 2 is 2.44 bits per heavy atom. The largest absolute Gasteiger partial charge is 0.379 e. The Kier molecular flexibility index (Phi) is 4.65. The molecule has 2 rings (SSSR count). The Balaban J connectivity index is 1.84. The maximum absolute atomic E-state index is 5.57. The lowest BCUT2D eigenvalue weighted by atomic mass is 10.0. The summed E-state index contributed by atoms with van der Waals surface area (Å²) in [5, 5.41) is 2.20. The summed E-state index contributed by atoms with van der Waals surface area (Å²) in [6, 6.07) is 2.80. The van der Waals surface area contributed by atoms with Gasteiger partial charge in [0.25, 0.3) is 0 Å². The molecule has 0 saturated heterocycles. The molecule has 16 heavy (non-hydrogen) atoms. The first-order valence-corrected chi connectivity index (χ1v) is 7.18. The van der Waals surface area contributed by atoms with Gasteiger partial charge in [-0.2, -0.15) is 0 Å². The normalized spacial score (nSPS) is 21.0. The minimum absolute atomic E-state index is 0.537. The van der Waals surface area contributed by atoms with E-state index < -0.39 is 0 Å². The summed E-state index contributed by atoms with van der Waals surface area (Å²) in [5.74, 6) is 0.588. The van der Waals surface area contributed by atoms with E-state index in [4.69, 9.17) is 16.3 Å². The molecule has 90 valence electrons. The smallest absolute Gasteiger partial charge is 0.0602 e. The third-order valence-electron chi connectivity index (χ3n) is 3.15. The van der Waals surface area contributed by atoms with Crippen LogP contribution >= 0.6 is 22.9 Å². The van der Waals surface area contributed by atoms with E-state index >= 15 is 0 Å². The van der Waals surface area contributed by atoms with Crippen molar-refractivity contribution in [1.29, 1.82) is 0 Å². The minimum atomic E-state index is 0.537. The standard InChI is InChI=1S/C12H18ClNOS/c1-10-11-3-9-16-12(11)2-5-14(10)6-8-15-7-4-13/h3,9-10H,2,4-8H2,1H3. The van der Waals surface area contributed by atoms with Crippen LogP contribution in [0.25, 0.3) is 0 Å². The van der Waals surface area contributed by atoms with Crippen LogP contribution in [0.3, 0.4) is 0 Å². The Bertz CT molecular complexity index is 329. The van der Waals surface area contributed by atoms with Crippen LogP contribution in [0.5, 0.6) is 0 Å². The molecule has 0 aliphatic carbocycles. The zero-order chi connectivity index (χ0) is 11.4.